The highest BCUT2D eigenvalue weighted by Crippen LogP contribution is 2.29. The molecule has 0 saturated carbocycles. The minimum absolute atomic E-state index is 0.0378. The molecule has 0 bridgehead atoms. The maximum absolute atomic E-state index is 11.2. The van der Waals surface area contributed by atoms with Crippen LogP contribution in [0.5, 0.6) is 0 Å². The molecule has 82 valence electrons. The minimum Gasteiger partial charge on any atom is -0.368 e. The molecule has 0 aromatic heterocycles. The van der Waals surface area contributed by atoms with E-state index >= 15 is 0 Å². The van der Waals surface area contributed by atoms with Gasteiger partial charge < -0.3 is 5.73 Å². The Morgan fingerprint density at radius 3 is 2.50 bits per heavy atom. The summed E-state index contributed by atoms with van der Waals surface area (Å²) >= 11 is 0. The van der Waals surface area contributed by atoms with E-state index in [1.54, 1.807) is 0 Å². The van der Waals surface area contributed by atoms with Gasteiger partial charge in [0, 0.05) is 6.04 Å². The second kappa shape index (κ2) is 3.89. The number of nitrogens with two attached hydrogens (primary N) is 1. The van der Waals surface area contributed by atoms with Gasteiger partial charge in [0.05, 0.1) is 6.04 Å². The van der Waals surface area contributed by atoms with Crippen molar-refractivity contribution < 1.29 is 4.79 Å². The van der Waals surface area contributed by atoms with E-state index in [0.29, 0.717) is 6.04 Å². The van der Waals surface area contributed by atoms with Crippen molar-refractivity contribution in [2.75, 3.05) is 6.54 Å². The summed E-state index contributed by atoms with van der Waals surface area (Å²) in [5.74, 6) is -0.168. The molecule has 2 N–H and O–H groups in total. The van der Waals surface area contributed by atoms with E-state index in [4.69, 9.17) is 5.73 Å². The van der Waals surface area contributed by atoms with Gasteiger partial charge in [0.2, 0.25) is 5.91 Å². The summed E-state index contributed by atoms with van der Waals surface area (Å²) in [5.41, 5.74) is 5.59. The van der Waals surface area contributed by atoms with Crippen molar-refractivity contribution in [3.63, 3.8) is 0 Å². The number of carbonyl (C=O) groups is 1. The van der Waals surface area contributed by atoms with E-state index in [0.717, 1.165) is 19.4 Å². The van der Waals surface area contributed by atoms with Gasteiger partial charge >= 0.3 is 0 Å². The monoisotopic (exact) mass is 198 g/mol. The molecule has 0 aromatic rings. The summed E-state index contributed by atoms with van der Waals surface area (Å²) in [6.07, 6.45) is 2.02. The highest BCUT2D eigenvalue weighted by atomic mass is 16.1. The molecular formula is C11H22N2O. The molecule has 0 aromatic carbocycles. The molecule has 1 amide bonds. The Kier molecular flexibility index (Phi) is 3.20. The van der Waals surface area contributed by atoms with Gasteiger partial charge in [-0.25, -0.2) is 0 Å². The van der Waals surface area contributed by atoms with Gasteiger partial charge in [0.1, 0.15) is 0 Å². The third kappa shape index (κ3) is 2.27. The Morgan fingerprint density at radius 1 is 1.50 bits per heavy atom. The average Bonchev–Trinajstić information content (AvgIpc) is 2.48. The lowest BCUT2D eigenvalue weighted by molar-refractivity contribution is -0.123. The summed E-state index contributed by atoms with van der Waals surface area (Å²) in [5, 5.41) is 0. The van der Waals surface area contributed by atoms with Crippen LogP contribution in [0, 0.1) is 5.41 Å². The molecule has 1 aliphatic heterocycles. The number of rotatable bonds is 2. The SMILES string of the molecule is C[C@@H](N1CCCC1C(N)=O)C(C)(C)C. The number of nitrogens with zero attached hydrogens (tertiary/aromatic N) is 1. The van der Waals surface area contributed by atoms with Gasteiger partial charge in [-0.3, -0.25) is 9.69 Å². The number of amides is 1. The Bertz CT molecular complexity index is 220. The molecule has 2 atom stereocenters. The predicted octanol–water partition coefficient (Wildman–Crippen LogP) is 1.37. The Labute approximate surface area is 86.6 Å². The van der Waals surface area contributed by atoms with Crippen LogP contribution < -0.4 is 5.73 Å². The Balaban J connectivity index is 2.72. The van der Waals surface area contributed by atoms with Crippen LogP contribution in [-0.2, 0) is 4.79 Å². The molecular weight excluding hydrogens is 176 g/mol. The standard InChI is InChI=1S/C11H22N2O/c1-8(11(2,3)4)13-7-5-6-9(13)10(12)14/h8-9H,5-7H2,1-4H3,(H2,12,14)/t8-,9?/m1/s1. The van der Waals surface area contributed by atoms with Crippen molar-refractivity contribution in [1.29, 1.82) is 0 Å². The average molecular weight is 198 g/mol. The molecule has 0 aliphatic carbocycles. The van der Waals surface area contributed by atoms with Crippen LogP contribution in [0.4, 0.5) is 0 Å². The maximum Gasteiger partial charge on any atom is 0.234 e. The van der Waals surface area contributed by atoms with Crippen molar-refractivity contribution in [3.05, 3.63) is 0 Å². The molecule has 0 spiro atoms. The zero-order chi connectivity index (χ0) is 10.9. The smallest absolute Gasteiger partial charge is 0.234 e. The van der Waals surface area contributed by atoms with Crippen molar-refractivity contribution in [3.8, 4) is 0 Å². The molecule has 0 radical (unpaired) electrons. The van der Waals surface area contributed by atoms with E-state index < -0.39 is 0 Å². The Hall–Kier alpha value is -0.570. The molecule has 1 rings (SSSR count). The number of carbonyl (C=O) groups excluding carboxylic acids is 1. The summed E-state index contributed by atoms with van der Waals surface area (Å²) in [4.78, 5) is 13.5. The maximum atomic E-state index is 11.2. The van der Waals surface area contributed by atoms with E-state index in [2.05, 4.69) is 32.6 Å². The minimum atomic E-state index is -0.168. The van der Waals surface area contributed by atoms with Crippen molar-refractivity contribution in [2.45, 2.75) is 52.6 Å². The lowest BCUT2D eigenvalue weighted by Gasteiger charge is -2.37. The molecule has 1 aliphatic rings. The zero-order valence-electron chi connectivity index (χ0n) is 9.71. The van der Waals surface area contributed by atoms with E-state index in [1.807, 2.05) is 0 Å². The zero-order valence-corrected chi connectivity index (χ0v) is 9.71. The molecule has 1 unspecified atom stereocenters. The first kappa shape index (κ1) is 11.5. The second-order valence-corrected chi connectivity index (χ2v) is 5.34. The first-order valence-electron chi connectivity index (χ1n) is 5.39. The third-order valence-corrected chi connectivity index (χ3v) is 3.37. The van der Waals surface area contributed by atoms with Gasteiger partial charge in [-0.2, -0.15) is 0 Å². The fraction of sp³-hybridized carbons (Fsp3) is 0.909. The van der Waals surface area contributed by atoms with Crippen LogP contribution in [0.2, 0.25) is 0 Å². The largest absolute Gasteiger partial charge is 0.368 e. The fourth-order valence-corrected chi connectivity index (χ4v) is 2.06. The van der Waals surface area contributed by atoms with Crippen LogP contribution in [0.1, 0.15) is 40.5 Å². The van der Waals surface area contributed by atoms with Crippen molar-refractivity contribution in [1.82, 2.24) is 4.90 Å². The second-order valence-electron chi connectivity index (χ2n) is 5.34. The van der Waals surface area contributed by atoms with Gasteiger partial charge in [-0.1, -0.05) is 20.8 Å². The summed E-state index contributed by atoms with van der Waals surface area (Å²) in [7, 11) is 0. The topological polar surface area (TPSA) is 46.3 Å². The van der Waals surface area contributed by atoms with E-state index in [9.17, 15) is 4.79 Å². The van der Waals surface area contributed by atoms with Crippen molar-refractivity contribution in [2.24, 2.45) is 11.1 Å². The van der Waals surface area contributed by atoms with E-state index in [-0.39, 0.29) is 17.4 Å². The highest BCUT2D eigenvalue weighted by molar-refractivity contribution is 5.80. The van der Waals surface area contributed by atoms with E-state index in [1.165, 1.54) is 0 Å². The predicted molar refractivity (Wildman–Crippen MR) is 57.8 cm³/mol. The third-order valence-electron chi connectivity index (χ3n) is 3.37. The number of hydrogen-bond acceptors (Lipinski definition) is 2. The first-order chi connectivity index (χ1) is 6.34. The number of primary amides is 1. The number of likely N-dealkylation sites (tertiary alicyclic amines) is 1. The summed E-state index contributed by atoms with van der Waals surface area (Å²) < 4.78 is 0. The first-order valence-corrected chi connectivity index (χ1v) is 5.39. The van der Waals surface area contributed by atoms with Crippen LogP contribution >= 0.6 is 0 Å². The van der Waals surface area contributed by atoms with Crippen LogP contribution in [0.3, 0.4) is 0 Å². The van der Waals surface area contributed by atoms with Crippen LogP contribution in [0.25, 0.3) is 0 Å². The molecule has 1 saturated heterocycles. The highest BCUT2D eigenvalue weighted by Gasteiger charge is 2.36. The molecule has 1 fully saturated rings. The normalized spacial score (nSPS) is 26.4. The molecule has 3 nitrogen and oxygen atoms in total. The molecule has 3 heteroatoms. The Morgan fingerprint density at radius 2 is 2.07 bits per heavy atom. The fourth-order valence-electron chi connectivity index (χ4n) is 2.06. The van der Waals surface area contributed by atoms with Gasteiger partial charge in [0.15, 0.2) is 0 Å². The quantitative estimate of drug-likeness (QED) is 0.728. The lowest BCUT2D eigenvalue weighted by atomic mass is 9.86. The van der Waals surface area contributed by atoms with Gasteiger partial charge in [0.25, 0.3) is 0 Å². The number of hydrogen-bond donors (Lipinski definition) is 1. The molecule has 14 heavy (non-hydrogen) atoms. The summed E-state index contributed by atoms with van der Waals surface area (Å²) in [6, 6.07) is 0.367. The lowest BCUT2D eigenvalue weighted by Crippen LogP contribution is -2.49. The van der Waals surface area contributed by atoms with Gasteiger partial charge in [-0.15, -0.1) is 0 Å². The van der Waals surface area contributed by atoms with Crippen LogP contribution in [0.15, 0.2) is 0 Å². The van der Waals surface area contributed by atoms with Gasteiger partial charge in [-0.05, 0) is 31.7 Å². The van der Waals surface area contributed by atoms with Crippen molar-refractivity contribution >= 4 is 5.91 Å². The van der Waals surface area contributed by atoms with Crippen LogP contribution in [-0.4, -0.2) is 29.4 Å². The summed E-state index contributed by atoms with van der Waals surface area (Å²) in [6.45, 7) is 9.80. The molecule has 1 heterocycles.